The van der Waals surface area contributed by atoms with Gasteiger partial charge in [0.2, 0.25) is 0 Å². The van der Waals surface area contributed by atoms with Gasteiger partial charge in [0.15, 0.2) is 0 Å². The van der Waals surface area contributed by atoms with Crippen molar-refractivity contribution in [3.8, 4) is 0 Å². The summed E-state index contributed by atoms with van der Waals surface area (Å²) < 4.78 is 27.9. The van der Waals surface area contributed by atoms with E-state index in [4.69, 9.17) is 5.11 Å². The number of carbonyl (C=O) groups excluding carboxylic acids is 1. The molecule has 7 nitrogen and oxygen atoms in total. The van der Waals surface area contributed by atoms with Gasteiger partial charge in [-0.15, -0.1) is 0 Å². The predicted molar refractivity (Wildman–Crippen MR) is 106 cm³/mol. The fourth-order valence-corrected chi connectivity index (χ4v) is 3.75. The van der Waals surface area contributed by atoms with Crippen molar-refractivity contribution in [3.63, 3.8) is 0 Å². The minimum atomic E-state index is -3.74. The van der Waals surface area contributed by atoms with E-state index in [9.17, 15) is 13.2 Å². The first-order chi connectivity index (χ1) is 12.7. The second-order valence-electron chi connectivity index (χ2n) is 6.41. The standard InChI is InChI=1S/C19H25N3O4S/c1-13-5-4-6-14(2)18(13)22-27(25,26)17-9-7-16(8-10-17)21-19(24)20-15(3)11-12-23/h4-10,15,22-23H,11-12H2,1-3H3,(H2,20,21,24). The van der Waals surface area contributed by atoms with Gasteiger partial charge in [0.05, 0.1) is 10.6 Å². The molecule has 0 heterocycles. The number of amides is 2. The van der Waals surface area contributed by atoms with Crippen LogP contribution in [-0.4, -0.2) is 32.2 Å². The Hall–Kier alpha value is -2.58. The molecule has 27 heavy (non-hydrogen) atoms. The van der Waals surface area contributed by atoms with Gasteiger partial charge in [-0.2, -0.15) is 0 Å². The first-order valence-electron chi connectivity index (χ1n) is 8.60. The van der Waals surface area contributed by atoms with Gasteiger partial charge in [0, 0.05) is 18.3 Å². The average Bonchev–Trinajstić information content (AvgIpc) is 2.59. The lowest BCUT2D eigenvalue weighted by atomic mass is 10.1. The Morgan fingerprint density at radius 1 is 1.07 bits per heavy atom. The third kappa shape index (κ3) is 5.70. The number of aryl methyl sites for hydroxylation is 2. The number of hydrogen-bond donors (Lipinski definition) is 4. The zero-order valence-corrected chi connectivity index (χ0v) is 16.4. The molecule has 0 aliphatic heterocycles. The molecule has 4 N–H and O–H groups in total. The molecule has 1 atom stereocenters. The summed E-state index contributed by atoms with van der Waals surface area (Å²) in [6, 6.07) is 10.9. The molecule has 2 amide bonds. The van der Waals surface area contributed by atoms with Crippen LogP contribution < -0.4 is 15.4 Å². The molecular weight excluding hydrogens is 366 g/mol. The van der Waals surface area contributed by atoms with E-state index in [1.165, 1.54) is 24.3 Å². The molecule has 2 aromatic rings. The van der Waals surface area contributed by atoms with E-state index in [1.807, 2.05) is 32.0 Å². The van der Waals surface area contributed by atoms with Crippen molar-refractivity contribution >= 4 is 27.4 Å². The first-order valence-corrected chi connectivity index (χ1v) is 10.1. The second kappa shape index (κ2) is 8.88. The third-order valence-electron chi connectivity index (χ3n) is 4.08. The Balaban J connectivity index is 2.08. The number of sulfonamides is 1. The summed E-state index contributed by atoms with van der Waals surface area (Å²) in [5.41, 5.74) is 2.71. The fourth-order valence-electron chi connectivity index (χ4n) is 2.54. The molecule has 2 aromatic carbocycles. The van der Waals surface area contributed by atoms with Gasteiger partial charge in [0.25, 0.3) is 10.0 Å². The number of carbonyl (C=O) groups is 1. The topological polar surface area (TPSA) is 108 Å². The molecule has 2 rings (SSSR count). The number of para-hydroxylation sites is 1. The predicted octanol–water partition coefficient (Wildman–Crippen LogP) is 3.00. The van der Waals surface area contributed by atoms with Crippen molar-refractivity contribution in [1.82, 2.24) is 5.32 Å². The monoisotopic (exact) mass is 391 g/mol. The molecule has 0 radical (unpaired) electrons. The largest absolute Gasteiger partial charge is 0.396 e. The second-order valence-corrected chi connectivity index (χ2v) is 8.09. The summed E-state index contributed by atoms with van der Waals surface area (Å²) in [6.45, 7) is 5.45. The van der Waals surface area contributed by atoms with E-state index in [0.29, 0.717) is 17.8 Å². The van der Waals surface area contributed by atoms with Crippen LogP contribution in [0.15, 0.2) is 47.4 Å². The molecule has 0 bridgehead atoms. The molecule has 0 fully saturated rings. The molecular formula is C19H25N3O4S. The van der Waals surface area contributed by atoms with Gasteiger partial charge in [-0.05, 0) is 62.6 Å². The van der Waals surface area contributed by atoms with Gasteiger partial charge in [-0.1, -0.05) is 18.2 Å². The van der Waals surface area contributed by atoms with E-state index in [-0.39, 0.29) is 17.5 Å². The lowest BCUT2D eigenvalue weighted by Gasteiger charge is -2.15. The first kappa shape index (κ1) is 20.7. The summed E-state index contributed by atoms with van der Waals surface area (Å²) in [4.78, 5) is 12.0. The Bertz CT molecular complexity index is 875. The summed E-state index contributed by atoms with van der Waals surface area (Å²) in [7, 11) is -3.74. The number of benzene rings is 2. The minimum Gasteiger partial charge on any atom is -0.396 e. The number of hydrogen-bond acceptors (Lipinski definition) is 4. The van der Waals surface area contributed by atoms with E-state index in [1.54, 1.807) is 6.92 Å². The summed E-state index contributed by atoms with van der Waals surface area (Å²) in [6.07, 6.45) is 0.453. The van der Waals surface area contributed by atoms with Crippen molar-refractivity contribution in [3.05, 3.63) is 53.6 Å². The maximum atomic E-state index is 12.6. The molecule has 0 saturated heterocycles. The van der Waals surface area contributed by atoms with E-state index >= 15 is 0 Å². The van der Waals surface area contributed by atoms with Gasteiger partial charge >= 0.3 is 6.03 Å². The van der Waals surface area contributed by atoms with Crippen molar-refractivity contribution in [2.75, 3.05) is 16.6 Å². The fraction of sp³-hybridized carbons (Fsp3) is 0.316. The molecule has 0 aliphatic carbocycles. The number of rotatable bonds is 7. The molecule has 146 valence electrons. The minimum absolute atomic E-state index is 0.0125. The zero-order valence-electron chi connectivity index (χ0n) is 15.6. The number of nitrogens with one attached hydrogen (secondary N) is 3. The van der Waals surface area contributed by atoms with E-state index < -0.39 is 16.1 Å². The van der Waals surface area contributed by atoms with Crippen molar-refractivity contribution in [1.29, 1.82) is 0 Å². The third-order valence-corrected chi connectivity index (χ3v) is 5.45. The summed E-state index contributed by atoms with van der Waals surface area (Å²) in [5, 5.41) is 14.2. The maximum Gasteiger partial charge on any atom is 0.319 e. The Morgan fingerprint density at radius 3 is 2.22 bits per heavy atom. The quantitative estimate of drug-likeness (QED) is 0.582. The van der Waals surface area contributed by atoms with Crippen LogP contribution in [-0.2, 0) is 10.0 Å². The number of aliphatic hydroxyl groups excluding tert-OH is 1. The van der Waals surface area contributed by atoms with Crippen LogP contribution in [0, 0.1) is 13.8 Å². The maximum absolute atomic E-state index is 12.6. The molecule has 0 aliphatic rings. The van der Waals surface area contributed by atoms with Crippen LogP contribution >= 0.6 is 0 Å². The highest BCUT2D eigenvalue weighted by Crippen LogP contribution is 2.24. The van der Waals surface area contributed by atoms with Crippen molar-refractivity contribution in [2.24, 2.45) is 0 Å². The van der Waals surface area contributed by atoms with Crippen LogP contribution in [0.1, 0.15) is 24.5 Å². The summed E-state index contributed by atoms with van der Waals surface area (Å²) in [5.74, 6) is 0. The lowest BCUT2D eigenvalue weighted by Crippen LogP contribution is -2.36. The highest BCUT2D eigenvalue weighted by atomic mass is 32.2. The van der Waals surface area contributed by atoms with Crippen molar-refractivity contribution in [2.45, 2.75) is 38.1 Å². The smallest absolute Gasteiger partial charge is 0.319 e. The highest BCUT2D eigenvalue weighted by Gasteiger charge is 2.16. The van der Waals surface area contributed by atoms with E-state index in [0.717, 1.165) is 11.1 Å². The van der Waals surface area contributed by atoms with Crippen LogP contribution in [0.5, 0.6) is 0 Å². The summed E-state index contributed by atoms with van der Waals surface area (Å²) >= 11 is 0. The normalized spacial score (nSPS) is 12.3. The number of aliphatic hydroxyl groups is 1. The van der Waals surface area contributed by atoms with Crippen LogP contribution in [0.4, 0.5) is 16.2 Å². The Morgan fingerprint density at radius 2 is 1.67 bits per heavy atom. The average molecular weight is 391 g/mol. The molecule has 1 unspecified atom stereocenters. The van der Waals surface area contributed by atoms with Gasteiger partial charge in [-0.25, -0.2) is 13.2 Å². The SMILES string of the molecule is Cc1cccc(C)c1NS(=O)(=O)c1ccc(NC(=O)NC(C)CCO)cc1. The van der Waals surface area contributed by atoms with Crippen LogP contribution in [0.25, 0.3) is 0 Å². The molecule has 0 aromatic heterocycles. The molecule has 8 heteroatoms. The Kier molecular flexibility index (Phi) is 6.81. The van der Waals surface area contributed by atoms with Crippen LogP contribution in [0.3, 0.4) is 0 Å². The van der Waals surface area contributed by atoms with Crippen molar-refractivity contribution < 1.29 is 18.3 Å². The number of anilines is 2. The van der Waals surface area contributed by atoms with Gasteiger partial charge in [0.1, 0.15) is 0 Å². The van der Waals surface area contributed by atoms with Gasteiger partial charge in [-0.3, -0.25) is 4.72 Å². The highest BCUT2D eigenvalue weighted by molar-refractivity contribution is 7.92. The lowest BCUT2D eigenvalue weighted by molar-refractivity contribution is 0.241. The van der Waals surface area contributed by atoms with E-state index in [2.05, 4.69) is 15.4 Å². The number of urea groups is 1. The Labute approximate surface area is 159 Å². The van der Waals surface area contributed by atoms with Crippen LogP contribution in [0.2, 0.25) is 0 Å². The zero-order chi connectivity index (χ0) is 20.0. The molecule has 0 spiro atoms. The van der Waals surface area contributed by atoms with Gasteiger partial charge < -0.3 is 15.7 Å². The molecule has 0 saturated carbocycles.